The fraction of sp³-hybridized carbons (Fsp3) is 0.846. The Balaban J connectivity index is 2.30. The van der Waals surface area contributed by atoms with Crippen LogP contribution < -0.4 is 0 Å². The van der Waals surface area contributed by atoms with Gasteiger partial charge in [0, 0.05) is 20.0 Å². The lowest BCUT2D eigenvalue weighted by molar-refractivity contribution is -0.119. The molecule has 0 heterocycles. The average molecular weight is 255 g/mol. The Morgan fingerprint density at radius 3 is 2.89 bits per heavy atom. The maximum absolute atomic E-state index is 10.7. The van der Waals surface area contributed by atoms with Gasteiger partial charge in [-0.1, -0.05) is 0 Å². The summed E-state index contributed by atoms with van der Waals surface area (Å²) in [6.07, 6.45) is 3.78. The van der Waals surface area contributed by atoms with E-state index in [0.29, 0.717) is 26.1 Å². The standard InChI is InChI=1S/C13H21NO4/c1-16-8-9-17-10-18-13-3-2-11(4-6-14)12(13)5-7-15/h7,11-13H,2-5,8-10H2,1H3/t11-,12+,13-/m1/s1. The molecule has 0 aromatic carbocycles. The lowest BCUT2D eigenvalue weighted by Gasteiger charge is -2.21. The number of ether oxygens (including phenoxy) is 3. The summed E-state index contributed by atoms with van der Waals surface area (Å²) in [5.74, 6) is 0.442. The molecule has 0 radical (unpaired) electrons. The maximum atomic E-state index is 10.7. The molecule has 0 aliphatic heterocycles. The van der Waals surface area contributed by atoms with Gasteiger partial charge >= 0.3 is 0 Å². The van der Waals surface area contributed by atoms with E-state index in [-0.39, 0.29) is 24.7 Å². The minimum atomic E-state index is 0.0381. The molecule has 1 fully saturated rings. The first-order valence-corrected chi connectivity index (χ1v) is 6.32. The minimum Gasteiger partial charge on any atom is -0.382 e. The van der Waals surface area contributed by atoms with E-state index >= 15 is 0 Å². The van der Waals surface area contributed by atoms with Crippen molar-refractivity contribution in [3.8, 4) is 6.07 Å². The van der Waals surface area contributed by atoms with E-state index in [1.807, 2.05) is 0 Å². The average Bonchev–Trinajstić information content (AvgIpc) is 2.73. The smallest absolute Gasteiger partial charge is 0.147 e. The van der Waals surface area contributed by atoms with Crippen molar-refractivity contribution in [2.45, 2.75) is 31.8 Å². The topological polar surface area (TPSA) is 68.6 Å². The van der Waals surface area contributed by atoms with Crippen molar-refractivity contribution in [1.29, 1.82) is 5.26 Å². The summed E-state index contributed by atoms with van der Waals surface area (Å²) in [6, 6.07) is 2.18. The highest BCUT2D eigenvalue weighted by atomic mass is 16.7. The first kappa shape index (κ1) is 15.1. The second-order valence-corrected chi connectivity index (χ2v) is 4.49. The van der Waals surface area contributed by atoms with Crippen molar-refractivity contribution >= 4 is 6.29 Å². The maximum Gasteiger partial charge on any atom is 0.147 e. The van der Waals surface area contributed by atoms with Gasteiger partial charge in [-0.25, -0.2) is 0 Å². The predicted octanol–water partition coefficient (Wildman–Crippen LogP) is 1.52. The van der Waals surface area contributed by atoms with Crippen molar-refractivity contribution in [1.82, 2.24) is 0 Å². The third kappa shape index (κ3) is 4.73. The van der Waals surface area contributed by atoms with Gasteiger partial charge < -0.3 is 19.0 Å². The van der Waals surface area contributed by atoms with E-state index in [0.717, 1.165) is 19.1 Å². The zero-order valence-electron chi connectivity index (χ0n) is 10.8. The quantitative estimate of drug-likeness (QED) is 0.355. The van der Waals surface area contributed by atoms with Gasteiger partial charge in [0.2, 0.25) is 0 Å². The van der Waals surface area contributed by atoms with E-state index in [9.17, 15) is 4.79 Å². The van der Waals surface area contributed by atoms with Gasteiger partial charge in [0.15, 0.2) is 0 Å². The van der Waals surface area contributed by atoms with Crippen LogP contribution in [0.2, 0.25) is 0 Å². The van der Waals surface area contributed by atoms with Gasteiger partial charge in [0.05, 0.1) is 25.4 Å². The molecule has 1 aliphatic carbocycles. The number of hydrogen-bond acceptors (Lipinski definition) is 5. The molecule has 0 unspecified atom stereocenters. The van der Waals surface area contributed by atoms with Crippen molar-refractivity contribution in [2.75, 3.05) is 27.1 Å². The molecule has 0 aromatic rings. The van der Waals surface area contributed by atoms with E-state index in [1.54, 1.807) is 7.11 Å². The number of nitriles is 1. The number of rotatable bonds is 9. The molecule has 0 aromatic heterocycles. The zero-order valence-corrected chi connectivity index (χ0v) is 10.8. The first-order chi connectivity index (χ1) is 8.83. The molecule has 1 aliphatic rings. The van der Waals surface area contributed by atoms with Crippen LogP contribution in [0.1, 0.15) is 25.7 Å². The number of carbonyl (C=O) groups excluding carboxylic acids is 1. The summed E-state index contributed by atoms with van der Waals surface area (Å²) < 4.78 is 15.8. The Morgan fingerprint density at radius 1 is 1.39 bits per heavy atom. The van der Waals surface area contributed by atoms with Crippen LogP contribution in [0.3, 0.4) is 0 Å². The van der Waals surface area contributed by atoms with Crippen LogP contribution in [0.25, 0.3) is 0 Å². The lowest BCUT2D eigenvalue weighted by atomic mass is 9.90. The van der Waals surface area contributed by atoms with E-state index in [1.165, 1.54) is 0 Å². The summed E-state index contributed by atoms with van der Waals surface area (Å²) in [5, 5.41) is 8.75. The number of nitrogens with zero attached hydrogens (tertiary/aromatic N) is 1. The molecule has 102 valence electrons. The number of carbonyl (C=O) groups is 1. The van der Waals surface area contributed by atoms with E-state index < -0.39 is 0 Å². The monoisotopic (exact) mass is 255 g/mol. The molecule has 0 amide bonds. The predicted molar refractivity (Wildman–Crippen MR) is 64.7 cm³/mol. The molecule has 0 N–H and O–H groups in total. The van der Waals surface area contributed by atoms with Gasteiger partial charge in [0.1, 0.15) is 13.1 Å². The number of methoxy groups -OCH3 is 1. The molecular weight excluding hydrogens is 234 g/mol. The highest BCUT2D eigenvalue weighted by Crippen LogP contribution is 2.37. The van der Waals surface area contributed by atoms with Gasteiger partial charge in [-0.3, -0.25) is 0 Å². The first-order valence-electron chi connectivity index (χ1n) is 6.32. The summed E-state index contributed by atoms with van der Waals surface area (Å²) in [7, 11) is 1.62. The van der Waals surface area contributed by atoms with Crippen LogP contribution in [-0.2, 0) is 19.0 Å². The molecular formula is C13H21NO4. The van der Waals surface area contributed by atoms with Gasteiger partial charge in [-0.2, -0.15) is 5.26 Å². The Labute approximate surface area is 108 Å². The normalized spacial score (nSPS) is 27.0. The van der Waals surface area contributed by atoms with Crippen LogP contribution in [0, 0.1) is 23.2 Å². The molecule has 0 spiro atoms. The van der Waals surface area contributed by atoms with Crippen molar-refractivity contribution in [3.63, 3.8) is 0 Å². The Morgan fingerprint density at radius 2 is 2.22 bits per heavy atom. The third-order valence-electron chi connectivity index (χ3n) is 3.42. The molecule has 5 nitrogen and oxygen atoms in total. The summed E-state index contributed by atoms with van der Waals surface area (Å²) >= 11 is 0. The SMILES string of the molecule is COCCOCO[C@@H]1CC[C@H](CC#N)[C@@H]1CC=O. The minimum absolute atomic E-state index is 0.0381. The third-order valence-corrected chi connectivity index (χ3v) is 3.42. The van der Waals surface area contributed by atoms with Gasteiger partial charge in [-0.15, -0.1) is 0 Å². The van der Waals surface area contributed by atoms with Crippen LogP contribution in [0.15, 0.2) is 0 Å². The fourth-order valence-corrected chi connectivity index (χ4v) is 2.48. The molecule has 5 heteroatoms. The van der Waals surface area contributed by atoms with Crippen molar-refractivity contribution in [2.24, 2.45) is 11.8 Å². The van der Waals surface area contributed by atoms with Crippen LogP contribution in [0.4, 0.5) is 0 Å². The summed E-state index contributed by atoms with van der Waals surface area (Å²) in [5.41, 5.74) is 0. The lowest BCUT2D eigenvalue weighted by Crippen LogP contribution is -2.24. The Hall–Kier alpha value is -0.960. The van der Waals surface area contributed by atoms with Gasteiger partial charge in [-0.05, 0) is 24.7 Å². The second kappa shape index (κ2) is 9.03. The highest BCUT2D eigenvalue weighted by molar-refractivity contribution is 5.50. The molecule has 1 rings (SSSR count). The second-order valence-electron chi connectivity index (χ2n) is 4.49. The Bertz CT molecular complexity index is 277. The molecule has 0 bridgehead atoms. The molecule has 0 saturated heterocycles. The van der Waals surface area contributed by atoms with Crippen molar-refractivity contribution in [3.05, 3.63) is 0 Å². The van der Waals surface area contributed by atoms with E-state index in [2.05, 4.69) is 6.07 Å². The summed E-state index contributed by atoms with van der Waals surface area (Å²) in [6.45, 7) is 1.27. The number of aldehydes is 1. The van der Waals surface area contributed by atoms with Crippen molar-refractivity contribution < 1.29 is 19.0 Å². The molecule has 1 saturated carbocycles. The van der Waals surface area contributed by atoms with Crippen LogP contribution >= 0.6 is 0 Å². The van der Waals surface area contributed by atoms with Gasteiger partial charge in [0.25, 0.3) is 0 Å². The molecule has 3 atom stereocenters. The molecule has 18 heavy (non-hydrogen) atoms. The zero-order chi connectivity index (χ0) is 13.2. The van der Waals surface area contributed by atoms with Crippen LogP contribution in [-0.4, -0.2) is 39.5 Å². The number of hydrogen-bond donors (Lipinski definition) is 0. The fourth-order valence-electron chi connectivity index (χ4n) is 2.48. The largest absolute Gasteiger partial charge is 0.382 e. The highest BCUT2D eigenvalue weighted by Gasteiger charge is 2.36. The van der Waals surface area contributed by atoms with Crippen LogP contribution in [0.5, 0.6) is 0 Å². The summed E-state index contributed by atoms with van der Waals surface area (Å²) in [4.78, 5) is 10.7. The van der Waals surface area contributed by atoms with E-state index in [4.69, 9.17) is 19.5 Å². The Kier molecular flexibility index (Phi) is 7.58.